The van der Waals surface area contributed by atoms with Gasteiger partial charge in [-0.25, -0.2) is 0 Å². The summed E-state index contributed by atoms with van der Waals surface area (Å²) in [7, 11) is -1.37. The zero-order valence-corrected chi connectivity index (χ0v) is 9.64. The molecule has 0 aliphatic heterocycles. The number of amides is 1. The molecule has 0 aliphatic carbocycles. The molecule has 5 nitrogen and oxygen atoms in total. The summed E-state index contributed by atoms with van der Waals surface area (Å²) in [4.78, 5) is 21.3. The minimum Gasteiger partial charge on any atom is -0.481 e. The van der Waals surface area contributed by atoms with Gasteiger partial charge < -0.3 is 10.4 Å². The molecule has 0 aromatic rings. The minimum absolute atomic E-state index is 0.0382. The van der Waals surface area contributed by atoms with Gasteiger partial charge >= 0.3 is 5.97 Å². The van der Waals surface area contributed by atoms with Crippen LogP contribution >= 0.6 is 0 Å². The molecular formula is C9H17NO4S. The lowest BCUT2D eigenvalue weighted by atomic mass is 10.3. The first-order valence-corrected chi connectivity index (χ1v) is 6.38. The van der Waals surface area contributed by atoms with Gasteiger partial charge in [-0.2, -0.15) is 0 Å². The molecule has 1 unspecified atom stereocenters. The molecule has 0 saturated heterocycles. The maximum atomic E-state index is 11.2. The summed E-state index contributed by atoms with van der Waals surface area (Å²) >= 11 is 0. The number of carbonyl (C=O) groups excluding carboxylic acids is 1. The van der Waals surface area contributed by atoms with Gasteiger partial charge in [0.15, 0.2) is 0 Å². The molecule has 6 heteroatoms. The predicted octanol–water partition coefficient (Wildman–Crippen LogP) is 0.126. The van der Waals surface area contributed by atoms with Crippen LogP contribution < -0.4 is 5.32 Å². The fraction of sp³-hybridized carbons (Fsp3) is 0.778. The van der Waals surface area contributed by atoms with Crippen molar-refractivity contribution in [1.82, 2.24) is 5.32 Å². The van der Waals surface area contributed by atoms with Crippen molar-refractivity contribution in [3.8, 4) is 0 Å². The highest BCUT2D eigenvalue weighted by Crippen LogP contribution is 1.89. The van der Waals surface area contributed by atoms with Gasteiger partial charge in [-0.05, 0) is 6.42 Å². The Labute approximate surface area is 91.7 Å². The molecule has 0 fully saturated rings. The standard InChI is InChI=1S/C9H17NO4S/c1-2-3-5-10-8(11)7-15(14)6-4-9(12)13/h2-7H2,1H3,(H,10,11)(H,12,13). The summed E-state index contributed by atoms with van der Waals surface area (Å²) in [6.45, 7) is 2.60. The molecular weight excluding hydrogens is 218 g/mol. The molecule has 2 N–H and O–H groups in total. The lowest BCUT2D eigenvalue weighted by Crippen LogP contribution is -2.29. The highest BCUT2D eigenvalue weighted by molar-refractivity contribution is 7.85. The molecule has 0 radical (unpaired) electrons. The number of carboxylic acid groups (broad SMARTS) is 1. The Balaban J connectivity index is 3.58. The van der Waals surface area contributed by atoms with E-state index in [0.29, 0.717) is 6.54 Å². The van der Waals surface area contributed by atoms with Crippen LogP contribution in [0.15, 0.2) is 0 Å². The lowest BCUT2D eigenvalue weighted by molar-refractivity contribution is -0.136. The topological polar surface area (TPSA) is 83.5 Å². The average Bonchev–Trinajstić information content (AvgIpc) is 2.15. The van der Waals surface area contributed by atoms with E-state index in [1.807, 2.05) is 6.92 Å². The SMILES string of the molecule is CCCCNC(=O)CS(=O)CCC(=O)O. The van der Waals surface area contributed by atoms with Crippen LogP contribution in [0.2, 0.25) is 0 Å². The van der Waals surface area contributed by atoms with E-state index >= 15 is 0 Å². The average molecular weight is 235 g/mol. The third kappa shape index (κ3) is 9.40. The first kappa shape index (κ1) is 14.1. The summed E-state index contributed by atoms with van der Waals surface area (Å²) < 4.78 is 11.2. The normalized spacial score (nSPS) is 12.1. The second-order valence-electron chi connectivity index (χ2n) is 3.14. The van der Waals surface area contributed by atoms with Gasteiger partial charge in [0.2, 0.25) is 5.91 Å². The predicted molar refractivity (Wildman–Crippen MR) is 58.0 cm³/mol. The molecule has 88 valence electrons. The number of unbranched alkanes of at least 4 members (excludes halogenated alkanes) is 1. The second kappa shape index (κ2) is 8.40. The van der Waals surface area contributed by atoms with Crippen molar-refractivity contribution >= 4 is 22.7 Å². The van der Waals surface area contributed by atoms with Crippen LogP contribution in [0.5, 0.6) is 0 Å². The number of carbonyl (C=O) groups is 2. The van der Waals surface area contributed by atoms with Crippen LogP contribution in [0.3, 0.4) is 0 Å². The summed E-state index contributed by atoms with van der Waals surface area (Å²) in [5, 5.41) is 11.0. The zero-order chi connectivity index (χ0) is 11.7. The number of hydrogen-bond donors (Lipinski definition) is 2. The Hall–Kier alpha value is -0.910. The van der Waals surface area contributed by atoms with Gasteiger partial charge in [0.1, 0.15) is 5.75 Å². The Morgan fingerprint density at radius 1 is 1.40 bits per heavy atom. The van der Waals surface area contributed by atoms with Crippen LogP contribution in [0.1, 0.15) is 26.2 Å². The number of aliphatic carboxylic acids is 1. The van der Waals surface area contributed by atoms with Gasteiger partial charge in [-0.3, -0.25) is 13.8 Å². The van der Waals surface area contributed by atoms with Crippen molar-refractivity contribution < 1.29 is 18.9 Å². The molecule has 1 atom stereocenters. The van der Waals surface area contributed by atoms with Gasteiger partial charge in [0.25, 0.3) is 0 Å². The van der Waals surface area contributed by atoms with E-state index in [9.17, 15) is 13.8 Å². The zero-order valence-electron chi connectivity index (χ0n) is 8.82. The van der Waals surface area contributed by atoms with Crippen LogP contribution in [-0.4, -0.2) is 39.2 Å². The number of hydrogen-bond acceptors (Lipinski definition) is 3. The fourth-order valence-corrected chi connectivity index (χ4v) is 1.82. The molecule has 0 spiro atoms. The number of carboxylic acids is 1. The Morgan fingerprint density at radius 2 is 2.07 bits per heavy atom. The number of rotatable bonds is 8. The highest BCUT2D eigenvalue weighted by Gasteiger charge is 2.08. The summed E-state index contributed by atoms with van der Waals surface area (Å²) in [5.74, 6) is -1.32. The van der Waals surface area contributed by atoms with E-state index in [2.05, 4.69) is 5.32 Å². The lowest BCUT2D eigenvalue weighted by Gasteiger charge is -2.03. The summed E-state index contributed by atoms with van der Waals surface area (Å²) in [6, 6.07) is 0. The van der Waals surface area contributed by atoms with Gasteiger partial charge in [-0.1, -0.05) is 13.3 Å². The first-order valence-electron chi connectivity index (χ1n) is 4.89. The number of nitrogens with one attached hydrogen (secondary N) is 1. The molecule has 0 aromatic carbocycles. The van der Waals surface area contributed by atoms with Crippen LogP contribution in [0, 0.1) is 0 Å². The van der Waals surface area contributed by atoms with Crippen molar-refractivity contribution in [3.05, 3.63) is 0 Å². The maximum Gasteiger partial charge on any atom is 0.304 e. The Morgan fingerprint density at radius 3 is 2.60 bits per heavy atom. The quantitative estimate of drug-likeness (QED) is 0.586. The third-order valence-electron chi connectivity index (χ3n) is 1.69. The molecule has 0 rings (SSSR count). The molecule has 1 amide bonds. The molecule has 0 bridgehead atoms. The van der Waals surface area contributed by atoms with Crippen LogP contribution in [0.25, 0.3) is 0 Å². The minimum atomic E-state index is -1.37. The first-order chi connectivity index (χ1) is 7.06. The Bertz CT molecular complexity index is 242. The van der Waals surface area contributed by atoms with E-state index in [-0.39, 0.29) is 23.8 Å². The van der Waals surface area contributed by atoms with E-state index in [4.69, 9.17) is 5.11 Å². The van der Waals surface area contributed by atoms with Crippen LogP contribution in [0.4, 0.5) is 0 Å². The third-order valence-corrected chi connectivity index (χ3v) is 2.93. The van der Waals surface area contributed by atoms with Crippen molar-refractivity contribution in [2.45, 2.75) is 26.2 Å². The molecule has 15 heavy (non-hydrogen) atoms. The van der Waals surface area contributed by atoms with E-state index in [1.165, 1.54) is 0 Å². The van der Waals surface area contributed by atoms with Gasteiger partial charge in [0, 0.05) is 23.1 Å². The molecule has 0 aliphatic rings. The maximum absolute atomic E-state index is 11.2. The van der Waals surface area contributed by atoms with Crippen molar-refractivity contribution in [2.75, 3.05) is 18.1 Å². The van der Waals surface area contributed by atoms with Crippen molar-refractivity contribution in [2.24, 2.45) is 0 Å². The molecule has 0 aromatic heterocycles. The van der Waals surface area contributed by atoms with E-state index < -0.39 is 16.8 Å². The fourth-order valence-electron chi connectivity index (χ4n) is 0.875. The summed E-state index contributed by atoms with van der Waals surface area (Å²) in [6.07, 6.45) is 1.73. The summed E-state index contributed by atoms with van der Waals surface area (Å²) in [5.41, 5.74) is 0. The van der Waals surface area contributed by atoms with E-state index in [0.717, 1.165) is 12.8 Å². The smallest absolute Gasteiger partial charge is 0.304 e. The highest BCUT2D eigenvalue weighted by atomic mass is 32.2. The largest absolute Gasteiger partial charge is 0.481 e. The van der Waals surface area contributed by atoms with E-state index in [1.54, 1.807) is 0 Å². The Kier molecular flexibility index (Phi) is 7.89. The van der Waals surface area contributed by atoms with Gasteiger partial charge in [0.05, 0.1) is 6.42 Å². The molecule has 0 saturated carbocycles. The monoisotopic (exact) mass is 235 g/mol. The van der Waals surface area contributed by atoms with Crippen molar-refractivity contribution in [3.63, 3.8) is 0 Å². The van der Waals surface area contributed by atoms with Gasteiger partial charge in [-0.15, -0.1) is 0 Å². The van der Waals surface area contributed by atoms with Crippen molar-refractivity contribution in [1.29, 1.82) is 0 Å². The second-order valence-corrected chi connectivity index (χ2v) is 4.71. The molecule has 0 heterocycles. The van der Waals surface area contributed by atoms with Crippen LogP contribution in [-0.2, 0) is 20.4 Å².